The maximum absolute atomic E-state index is 13.2. The second-order valence-corrected chi connectivity index (χ2v) is 9.97. The number of carbonyl (C=O) groups excluding carboxylic acids is 4. The van der Waals surface area contributed by atoms with E-state index >= 15 is 0 Å². The van der Waals surface area contributed by atoms with Gasteiger partial charge in [0.05, 0.1) is 23.6 Å². The second-order valence-electron chi connectivity index (χ2n) is 9.97. The van der Waals surface area contributed by atoms with E-state index in [9.17, 15) is 24.3 Å². The molecule has 2 bridgehead atoms. The van der Waals surface area contributed by atoms with E-state index in [2.05, 4.69) is 5.32 Å². The molecule has 11 heteroatoms. The van der Waals surface area contributed by atoms with Crippen LogP contribution in [0.1, 0.15) is 40.5 Å². The molecule has 0 saturated carbocycles. The minimum absolute atomic E-state index is 0.104. The average Bonchev–Trinajstić information content (AvgIpc) is 2.88. The predicted molar refractivity (Wildman–Crippen MR) is 144 cm³/mol. The molecule has 0 aromatic rings. The summed E-state index contributed by atoms with van der Waals surface area (Å²) < 4.78 is 16.4. The molecule has 0 saturated heterocycles. The molecule has 0 aromatic heterocycles. The van der Waals surface area contributed by atoms with Gasteiger partial charge in [-0.2, -0.15) is 0 Å². The van der Waals surface area contributed by atoms with Gasteiger partial charge in [0.1, 0.15) is 6.10 Å². The Labute approximate surface area is 228 Å². The van der Waals surface area contributed by atoms with Crippen molar-refractivity contribution in [3.63, 3.8) is 0 Å². The topological polar surface area (TPSA) is 180 Å². The molecule has 2 aliphatic rings. The monoisotopic (exact) mass is 545 g/mol. The third-order valence-corrected chi connectivity index (χ3v) is 6.84. The minimum Gasteiger partial charge on any atom is -0.439 e. The summed E-state index contributed by atoms with van der Waals surface area (Å²) in [5.41, 5.74) is 11.9. The molecular formula is C28H39N3O8. The summed E-state index contributed by atoms with van der Waals surface area (Å²) in [6.45, 7) is 6.89. The number of carbonyl (C=O) groups is 4. The van der Waals surface area contributed by atoms with Crippen LogP contribution in [0, 0.1) is 11.8 Å². The van der Waals surface area contributed by atoms with Gasteiger partial charge in [-0.05, 0) is 38.2 Å². The van der Waals surface area contributed by atoms with Gasteiger partial charge in [-0.1, -0.05) is 38.2 Å². The van der Waals surface area contributed by atoms with Crippen LogP contribution in [0.4, 0.5) is 4.79 Å². The number of hydrogen-bond acceptors (Lipinski definition) is 9. The maximum atomic E-state index is 13.2. The Bertz CT molecular complexity index is 1130. The summed E-state index contributed by atoms with van der Waals surface area (Å²) in [5, 5.41) is 13.6. The van der Waals surface area contributed by atoms with E-state index in [-0.39, 0.29) is 34.9 Å². The van der Waals surface area contributed by atoms with Gasteiger partial charge in [0, 0.05) is 37.4 Å². The Hall–Kier alpha value is -3.54. The highest BCUT2D eigenvalue weighted by Crippen LogP contribution is 2.28. The zero-order valence-electron chi connectivity index (χ0n) is 23.2. The SMILES string of the molecule is COC1/C=C\C=C(/C)C(=O)NC2=CC(=O)C(N)=C(C[C@@H](C)CC(OC)[C@H](O)[C@@H](C)/C=C(\C)C1OC(N)=O)C2=O. The predicted octanol–water partition coefficient (Wildman–Crippen LogP) is 1.72. The number of methoxy groups -OCH3 is 2. The summed E-state index contributed by atoms with van der Waals surface area (Å²) in [6.07, 6.45) is 3.55. The molecule has 1 heterocycles. The van der Waals surface area contributed by atoms with E-state index in [4.69, 9.17) is 25.7 Å². The van der Waals surface area contributed by atoms with Crippen molar-refractivity contribution in [1.29, 1.82) is 0 Å². The fourth-order valence-electron chi connectivity index (χ4n) is 4.61. The van der Waals surface area contributed by atoms with E-state index in [1.807, 2.05) is 6.92 Å². The third-order valence-electron chi connectivity index (χ3n) is 6.84. The fraction of sp³-hybridized carbons (Fsp3) is 0.500. The number of aliphatic hydroxyl groups is 1. The van der Waals surface area contributed by atoms with E-state index in [0.29, 0.717) is 12.0 Å². The molecule has 1 aliphatic heterocycles. The van der Waals surface area contributed by atoms with Gasteiger partial charge in [-0.25, -0.2) is 4.79 Å². The number of nitrogens with two attached hydrogens (primary N) is 2. The lowest BCUT2D eigenvalue weighted by atomic mass is 9.85. The normalized spacial score (nSPS) is 33.3. The van der Waals surface area contributed by atoms with Gasteiger partial charge < -0.3 is 36.1 Å². The standard InChI is InChI=1S/C28H39N3O8/c1-14-10-18-23(29)20(32)13-19(25(18)34)31-27(35)15(2)8-7-9-21(37-5)26(39-28(30)36)17(4)12-16(3)24(33)22(11-14)38-6/h7-9,12-14,16,21-22,24,26,33H,10-11,29H2,1-6H3,(H2,30,36)(H,31,35)/b9-7-,15-8+,17-12+/t14-,16+,21?,22?,24-,26?/m1/s1. The van der Waals surface area contributed by atoms with E-state index in [1.165, 1.54) is 33.3 Å². The lowest BCUT2D eigenvalue weighted by Crippen LogP contribution is -2.37. The average molecular weight is 546 g/mol. The van der Waals surface area contributed by atoms with Crippen LogP contribution in [0.25, 0.3) is 0 Å². The van der Waals surface area contributed by atoms with Gasteiger partial charge in [-0.15, -0.1) is 0 Å². The smallest absolute Gasteiger partial charge is 0.405 e. The number of fused-ring (bicyclic) bond motifs is 2. The quantitative estimate of drug-likeness (QED) is 0.303. The highest BCUT2D eigenvalue weighted by Gasteiger charge is 2.32. The lowest BCUT2D eigenvalue weighted by molar-refractivity contribution is -0.120. The van der Waals surface area contributed by atoms with Crippen molar-refractivity contribution in [2.75, 3.05) is 14.2 Å². The Morgan fingerprint density at radius 3 is 2.38 bits per heavy atom. The molecule has 3 unspecified atom stereocenters. The van der Waals surface area contributed by atoms with Gasteiger partial charge >= 0.3 is 6.09 Å². The molecule has 2 rings (SSSR count). The maximum Gasteiger partial charge on any atom is 0.405 e. The number of allylic oxidation sites excluding steroid dienone is 4. The first-order chi connectivity index (χ1) is 18.3. The molecule has 2 amide bonds. The third kappa shape index (κ3) is 8.22. The number of amides is 2. The number of nitrogens with one attached hydrogen (secondary N) is 1. The summed E-state index contributed by atoms with van der Waals surface area (Å²) in [4.78, 5) is 50.1. The van der Waals surface area contributed by atoms with Crippen LogP contribution < -0.4 is 16.8 Å². The number of Topliss-reactive ketones (excluding diaryl/α,β-unsaturated/α-hetero) is 1. The Morgan fingerprint density at radius 1 is 1.13 bits per heavy atom. The van der Waals surface area contributed by atoms with Crippen molar-refractivity contribution in [3.8, 4) is 0 Å². The molecule has 6 N–H and O–H groups in total. The van der Waals surface area contributed by atoms with E-state index < -0.39 is 53.9 Å². The first-order valence-electron chi connectivity index (χ1n) is 12.6. The molecule has 0 radical (unpaired) electrons. The number of rotatable bonds is 3. The molecule has 39 heavy (non-hydrogen) atoms. The molecule has 6 atom stereocenters. The van der Waals surface area contributed by atoms with Crippen molar-refractivity contribution < 1.29 is 38.5 Å². The van der Waals surface area contributed by atoms with Crippen molar-refractivity contribution in [2.45, 2.75) is 65.0 Å². The second kappa shape index (κ2) is 14.0. The Balaban J connectivity index is 2.58. The molecule has 0 spiro atoms. The molecule has 1 aliphatic carbocycles. The molecule has 214 valence electrons. The molecule has 0 fully saturated rings. The van der Waals surface area contributed by atoms with Crippen LogP contribution in [-0.4, -0.2) is 67.3 Å². The van der Waals surface area contributed by atoms with Crippen LogP contribution in [0.15, 0.2) is 58.5 Å². The largest absolute Gasteiger partial charge is 0.439 e. The van der Waals surface area contributed by atoms with E-state index in [0.717, 1.165) is 6.08 Å². The van der Waals surface area contributed by atoms with Gasteiger partial charge in [0.15, 0.2) is 6.10 Å². The first-order valence-corrected chi connectivity index (χ1v) is 12.6. The summed E-state index contributed by atoms with van der Waals surface area (Å²) in [6, 6.07) is 0. The van der Waals surface area contributed by atoms with Gasteiger partial charge in [-0.3, -0.25) is 14.4 Å². The van der Waals surface area contributed by atoms with Crippen LogP contribution in [0.2, 0.25) is 0 Å². The molecular weight excluding hydrogens is 506 g/mol. The van der Waals surface area contributed by atoms with Crippen LogP contribution in [-0.2, 0) is 28.6 Å². The molecule has 11 nitrogen and oxygen atoms in total. The number of ether oxygens (including phenoxy) is 3. The van der Waals surface area contributed by atoms with Crippen molar-refractivity contribution in [1.82, 2.24) is 5.32 Å². The fourth-order valence-corrected chi connectivity index (χ4v) is 4.61. The van der Waals surface area contributed by atoms with Gasteiger partial charge in [0.25, 0.3) is 5.91 Å². The van der Waals surface area contributed by atoms with Crippen LogP contribution in [0.5, 0.6) is 0 Å². The first kappa shape index (κ1) is 31.7. The highest BCUT2D eigenvalue weighted by atomic mass is 16.6. The van der Waals surface area contributed by atoms with Crippen LogP contribution >= 0.6 is 0 Å². The molecule has 0 aromatic carbocycles. The van der Waals surface area contributed by atoms with Crippen LogP contribution in [0.3, 0.4) is 0 Å². The van der Waals surface area contributed by atoms with Crippen molar-refractivity contribution in [2.24, 2.45) is 23.3 Å². The Morgan fingerprint density at radius 2 is 1.79 bits per heavy atom. The highest BCUT2D eigenvalue weighted by molar-refractivity contribution is 6.23. The Kier molecular flexibility index (Phi) is 11.4. The number of ketones is 2. The summed E-state index contributed by atoms with van der Waals surface area (Å²) in [5.74, 6) is -2.37. The number of primary amides is 1. The zero-order chi connectivity index (χ0) is 29.4. The van der Waals surface area contributed by atoms with E-state index in [1.54, 1.807) is 26.0 Å². The summed E-state index contributed by atoms with van der Waals surface area (Å²) >= 11 is 0. The zero-order valence-corrected chi connectivity index (χ0v) is 23.2. The number of aliphatic hydroxyl groups excluding tert-OH is 1. The van der Waals surface area contributed by atoms with Crippen molar-refractivity contribution in [3.05, 3.63) is 58.5 Å². The minimum atomic E-state index is -1.00. The van der Waals surface area contributed by atoms with Gasteiger partial charge in [0.2, 0.25) is 11.6 Å². The lowest BCUT2D eigenvalue weighted by Gasteiger charge is -2.29. The number of hydrogen-bond donors (Lipinski definition) is 4. The van der Waals surface area contributed by atoms with Crippen molar-refractivity contribution >= 4 is 23.6 Å². The summed E-state index contributed by atoms with van der Waals surface area (Å²) in [7, 11) is 2.90.